The van der Waals surface area contributed by atoms with E-state index in [0.717, 1.165) is 35.7 Å². The lowest BCUT2D eigenvalue weighted by atomic mass is 9.74. The van der Waals surface area contributed by atoms with Gasteiger partial charge in [-0.25, -0.2) is 0 Å². The average Bonchev–Trinajstić information content (AvgIpc) is 2.53. The standard InChI is InChI=1S/C18H21NO2/c1-13-6-4-10-18(12-13,21-2)17(20)15-7-3-9-16-14(15)8-5-11-19-16/h3,5,7-9,11,13H,4,6,10,12H2,1-2H3. The van der Waals surface area contributed by atoms with Gasteiger partial charge in [-0.1, -0.05) is 31.5 Å². The zero-order valence-electron chi connectivity index (χ0n) is 12.6. The van der Waals surface area contributed by atoms with Gasteiger partial charge in [-0.15, -0.1) is 0 Å². The molecule has 3 heteroatoms. The van der Waals surface area contributed by atoms with E-state index in [1.165, 1.54) is 6.42 Å². The van der Waals surface area contributed by atoms with Crippen molar-refractivity contribution in [1.29, 1.82) is 0 Å². The zero-order chi connectivity index (χ0) is 14.9. The van der Waals surface area contributed by atoms with Crippen LogP contribution in [-0.4, -0.2) is 23.5 Å². The number of pyridine rings is 1. The Morgan fingerprint density at radius 1 is 1.33 bits per heavy atom. The Morgan fingerprint density at radius 3 is 2.95 bits per heavy atom. The number of Topliss-reactive ketones (excluding diaryl/α,β-unsaturated/α-hetero) is 1. The number of hydrogen-bond acceptors (Lipinski definition) is 3. The van der Waals surface area contributed by atoms with E-state index >= 15 is 0 Å². The zero-order valence-corrected chi connectivity index (χ0v) is 12.6. The van der Waals surface area contributed by atoms with Crippen LogP contribution in [0.2, 0.25) is 0 Å². The lowest BCUT2D eigenvalue weighted by Crippen LogP contribution is -2.44. The van der Waals surface area contributed by atoms with E-state index in [-0.39, 0.29) is 5.78 Å². The van der Waals surface area contributed by atoms with Crippen LogP contribution in [0.5, 0.6) is 0 Å². The van der Waals surface area contributed by atoms with Crippen LogP contribution in [0.25, 0.3) is 10.9 Å². The lowest BCUT2D eigenvalue weighted by Gasteiger charge is -2.37. The first kappa shape index (κ1) is 14.2. The number of rotatable bonds is 3. The molecule has 1 aromatic carbocycles. The third-order valence-electron chi connectivity index (χ3n) is 4.65. The number of hydrogen-bond donors (Lipinski definition) is 0. The second kappa shape index (κ2) is 5.57. The molecular formula is C18H21NO2. The highest BCUT2D eigenvalue weighted by atomic mass is 16.5. The number of nitrogens with zero attached hydrogens (tertiary/aromatic N) is 1. The van der Waals surface area contributed by atoms with Gasteiger partial charge < -0.3 is 4.74 Å². The largest absolute Gasteiger partial charge is 0.370 e. The number of ketones is 1. The van der Waals surface area contributed by atoms with Crippen molar-refractivity contribution in [3.8, 4) is 0 Å². The maximum atomic E-state index is 13.2. The van der Waals surface area contributed by atoms with Crippen LogP contribution >= 0.6 is 0 Å². The molecule has 1 fully saturated rings. The summed E-state index contributed by atoms with van der Waals surface area (Å²) in [6.45, 7) is 2.20. The molecule has 3 nitrogen and oxygen atoms in total. The Balaban J connectivity index is 2.07. The van der Waals surface area contributed by atoms with Crippen LogP contribution in [-0.2, 0) is 4.74 Å². The van der Waals surface area contributed by atoms with Crippen LogP contribution < -0.4 is 0 Å². The van der Waals surface area contributed by atoms with E-state index in [1.54, 1.807) is 13.3 Å². The molecule has 1 heterocycles. The molecule has 0 N–H and O–H groups in total. The predicted octanol–water partition coefficient (Wildman–Crippen LogP) is 4.01. The van der Waals surface area contributed by atoms with Gasteiger partial charge >= 0.3 is 0 Å². The molecule has 2 atom stereocenters. The van der Waals surface area contributed by atoms with Gasteiger partial charge in [0.2, 0.25) is 0 Å². The van der Waals surface area contributed by atoms with Gasteiger partial charge in [0.15, 0.2) is 5.78 Å². The minimum Gasteiger partial charge on any atom is -0.370 e. The van der Waals surface area contributed by atoms with Crippen molar-refractivity contribution in [2.45, 2.75) is 38.2 Å². The fraction of sp³-hybridized carbons (Fsp3) is 0.444. The van der Waals surface area contributed by atoms with E-state index < -0.39 is 5.60 Å². The maximum Gasteiger partial charge on any atom is 0.195 e. The van der Waals surface area contributed by atoms with Gasteiger partial charge in [-0.05, 0) is 37.3 Å². The van der Waals surface area contributed by atoms with Gasteiger partial charge in [0, 0.05) is 24.3 Å². The van der Waals surface area contributed by atoms with Crippen molar-refractivity contribution in [3.63, 3.8) is 0 Å². The second-order valence-electron chi connectivity index (χ2n) is 6.10. The van der Waals surface area contributed by atoms with Crippen molar-refractivity contribution in [1.82, 2.24) is 4.98 Å². The van der Waals surface area contributed by atoms with Crippen molar-refractivity contribution >= 4 is 16.7 Å². The van der Waals surface area contributed by atoms with E-state index in [2.05, 4.69) is 11.9 Å². The summed E-state index contributed by atoms with van der Waals surface area (Å²) < 4.78 is 5.74. The fourth-order valence-corrected chi connectivity index (χ4v) is 3.53. The third-order valence-corrected chi connectivity index (χ3v) is 4.65. The molecule has 2 unspecified atom stereocenters. The molecule has 0 bridgehead atoms. The lowest BCUT2D eigenvalue weighted by molar-refractivity contribution is -0.0301. The van der Waals surface area contributed by atoms with Crippen molar-refractivity contribution < 1.29 is 9.53 Å². The van der Waals surface area contributed by atoms with E-state index in [9.17, 15) is 4.79 Å². The van der Waals surface area contributed by atoms with Gasteiger partial charge in [0.05, 0.1) is 5.52 Å². The molecule has 0 aliphatic heterocycles. The third kappa shape index (κ3) is 2.46. The summed E-state index contributed by atoms with van der Waals surface area (Å²) in [6.07, 6.45) is 5.59. The minimum absolute atomic E-state index is 0.107. The van der Waals surface area contributed by atoms with Crippen LogP contribution in [0, 0.1) is 5.92 Å². The average molecular weight is 283 g/mol. The summed E-state index contributed by atoms with van der Waals surface area (Å²) in [6, 6.07) is 9.58. The maximum absolute atomic E-state index is 13.2. The van der Waals surface area contributed by atoms with Crippen LogP contribution in [0.1, 0.15) is 43.0 Å². The Labute approximate surface area is 125 Å². The summed E-state index contributed by atoms with van der Waals surface area (Å²) in [7, 11) is 1.67. The highest BCUT2D eigenvalue weighted by molar-refractivity contribution is 6.11. The summed E-state index contributed by atoms with van der Waals surface area (Å²) in [5.41, 5.74) is 0.928. The van der Waals surface area contributed by atoms with E-state index in [1.807, 2.05) is 30.3 Å². The molecule has 21 heavy (non-hydrogen) atoms. The molecular weight excluding hydrogens is 262 g/mol. The van der Waals surface area contributed by atoms with E-state index in [4.69, 9.17) is 4.74 Å². The van der Waals surface area contributed by atoms with E-state index in [0.29, 0.717) is 5.92 Å². The summed E-state index contributed by atoms with van der Waals surface area (Å²) >= 11 is 0. The number of aromatic nitrogens is 1. The fourth-order valence-electron chi connectivity index (χ4n) is 3.53. The summed E-state index contributed by atoms with van der Waals surface area (Å²) in [5, 5.41) is 0.916. The predicted molar refractivity (Wildman–Crippen MR) is 83.4 cm³/mol. The molecule has 0 amide bonds. The first-order chi connectivity index (χ1) is 10.2. The molecule has 1 aromatic heterocycles. The summed E-state index contributed by atoms with van der Waals surface area (Å²) in [5.74, 6) is 0.630. The smallest absolute Gasteiger partial charge is 0.195 e. The molecule has 1 aliphatic rings. The number of ether oxygens (including phenoxy) is 1. The topological polar surface area (TPSA) is 39.2 Å². The number of carbonyl (C=O) groups is 1. The molecule has 3 rings (SSSR count). The Bertz CT molecular complexity index is 662. The molecule has 1 aliphatic carbocycles. The first-order valence-corrected chi connectivity index (χ1v) is 7.60. The molecule has 110 valence electrons. The van der Waals surface area contributed by atoms with Crippen LogP contribution in [0.4, 0.5) is 0 Å². The molecule has 2 aromatic rings. The number of carbonyl (C=O) groups excluding carboxylic acids is 1. The van der Waals surface area contributed by atoms with Crippen molar-refractivity contribution in [2.24, 2.45) is 5.92 Å². The van der Waals surface area contributed by atoms with Gasteiger partial charge in [-0.3, -0.25) is 9.78 Å². The van der Waals surface area contributed by atoms with Crippen LogP contribution in [0.15, 0.2) is 36.5 Å². The number of benzene rings is 1. The summed E-state index contributed by atoms with van der Waals surface area (Å²) in [4.78, 5) is 17.5. The number of methoxy groups -OCH3 is 1. The molecule has 1 saturated carbocycles. The van der Waals surface area contributed by atoms with Crippen LogP contribution in [0.3, 0.4) is 0 Å². The monoisotopic (exact) mass is 283 g/mol. The van der Waals surface area contributed by atoms with Gasteiger partial charge in [0.25, 0.3) is 0 Å². The Hall–Kier alpha value is -1.74. The molecule has 0 spiro atoms. The van der Waals surface area contributed by atoms with Gasteiger partial charge in [-0.2, -0.15) is 0 Å². The quantitative estimate of drug-likeness (QED) is 0.799. The highest BCUT2D eigenvalue weighted by Crippen LogP contribution is 2.38. The van der Waals surface area contributed by atoms with Crippen molar-refractivity contribution in [3.05, 3.63) is 42.1 Å². The van der Waals surface area contributed by atoms with Crippen molar-refractivity contribution in [2.75, 3.05) is 7.11 Å². The first-order valence-electron chi connectivity index (χ1n) is 7.60. The SMILES string of the molecule is COC1(C(=O)c2cccc3ncccc23)CCCC(C)C1. The second-order valence-corrected chi connectivity index (χ2v) is 6.10. The molecule has 0 saturated heterocycles. The Morgan fingerprint density at radius 2 is 2.19 bits per heavy atom. The number of fused-ring (bicyclic) bond motifs is 1. The Kier molecular flexibility index (Phi) is 3.77. The van der Waals surface area contributed by atoms with Gasteiger partial charge in [0.1, 0.15) is 5.60 Å². The molecule has 0 radical (unpaired) electrons. The highest BCUT2D eigenvalue weighted by Gasteiger charge is 2.42. The normalized spacial score (nSPS) is 25.9. The minimum atomic E-state index is -0.665.